The second-order valence-corrected chi connectivity index (χ2v) is 7.41. The normalized spacial score (nSPS) is 14.3. The number of likely N-dealkylation sites (tertiary alicyclic amines) is 1. The minimum absolute atomic E-state index is 0.0217. The molecule has 30 heavy (non-hydrogen) atoms. The minimum Gasteiger partial charge on any atom is -0.445 e. The van der Waals surface area contributed by atoms with Gasteiger partial charge in [-0.3, -0.25) is 4.79 Å². The van der Waals surface area contributed by atoms with Crippen LogP contribution in [0.1, 0.15) is 28.8 Å². The van der Waals surface area contributed by atoms with Crippen molar-refractivity contribution >= 4 is 12.0 Å². The van der Waals surface area contributed by atoms with Crippen LogP contribution < -0.4 is 5.32 Å². The molecule has 2 amide bonds. The zero-order valence-corrected chi connectivity index (χ0v) is 16.7. The average Bonchev–Trinajstić information content (AvgIpc) is 3.34. The molecule has 4 rings (SSSR count). The largest absolute Gasteiger partial charge is 0.445 e. The smallest absolute Gasteiger partial charge is 0.407 e. The van der Waals surface area contributed by atoms with Crippen molar-refractivity contribution in [2.24, 2.45) is 0 Å². The van der Waals surface area contributed by atoms with E-state index in [1.54, 1.807) is 0 Å². The predicted octanol–water partition coefficient (Wildman–Crippen LogP) is 4.01. The molecule has 0 bridgehead atoms. The molecule has 0 saturated carbocycles. The molecule has 0 spiro atoms. The summed E-state index contributed by atoms with van der Waals surface area (Å²) in [5.41, 5.74) is 2.66. The van der Waals surface area contributed by atoms with Gasteiger partial charge in [-0.05, 0) is 54.8 Å². The number of hydrogen-bond acceptors (Lipinski definition) is 3. The summed E-state index contributed by atoms with van der Waals surface area (Å²) in [6, 6.07) is 21.2. The van der Waals surface area contributed by atoms with Crippen LogP contribution in [-0.2, 0) is 11.3 Å². The third-order valence-electron chi connectivity index (χ3n) is 5.33. The van der Waals surface area contributed by atoms with Crippen LogP contribution in [0.25, 0.3) is 5.69 Å². The van der Waals surface area contributed by atoms with Gasteiger partial charge in [-0.1, -0.05) is 30.3 Å². The molecule has 154 valence electrons. The number of carbonyl (C=O) groups excluding carboxylic acids is 2. The van der Waals surface area contributed by atoms with Gasteiger partial charge >= 0.3 is 6.09 Å². The van der Waals surface area contributed by atoms with E-state index >= 15 is 0 Å². The van der Waals surface area contributed by atoms with Gasteiger partial charge in [0.15, 0.2) is 0 Å². The standard InChI is InChI=1S/C24H25N3O3/c28-23(20-8-10-22(11-9-20)26-14-4-5-15-26)27-16-12-21(13-17-27)25-24(29)30-18-19-6-2-1-3-7-19/h1-11,14-15,21H,12-13,16-18H2,(H,25,29). The van der Waals surface area contributed by atoms with Gasteiger partial charge in [0.25, 0.3) is 5.91 Å². The molecule has 3 aromatic rings. The highest BCUT2D eigenvalue weighted by Gasteiger charge is 2.25. The summed E-state index contributed by atoms with van der Waals surface area (Å²) in [7, 11) is 0. The molecule has 1 fully saturated rings. The summed E-state index contributed by atoms with van der Waals surface area (Å²) in [5.74, 6) is 0.0270. The lowest BCUT2D eigenvalue weighted by Crippen LogP contribution is -2.46. The van der Waals surface area contributed by atoms with Crippen molar-refractivity contribution in [3.8, 4) is 5.69 Å². The maximum atomic E-state index is 12.8. The fourth-order valence-electron chi connectivity index (χ4n) is 3.62. The molecule has 1 aromatic heterocycles. The van der Waals surface area contributed by atoms with Crippen LogP contribution in [0.2, 0.25) is 0 Å². The van der Waals surface area contributed by atoms with E-state index in [9.17, 15) is 9.59 Å². The molecule has 1 aliphatic rings. The van der Waals surface area contributed by atoms with E-state index in [-0.39, 0.29) is 18.6 Å². The monoisotopic (exact) mass is 403 g/mol. The van der Waals surface area contributed by atoms with Crippen molar-refractivity contribution in [1.29, 1.82) is 0 Å². The van der Waals surface area contributed by atoms with E-state index in [0.717, 1.165) is 11.3 Å². The summed E-state index contributed by atoms with van der Waals surface area (Å²) in [6.45, 7) is 1.48. The van der Waals surface area contributed by atoms with Gasteiger partial charge in [0.05, 0.1) is 0 Å². The maximum absolute atomic E-state index is 12.8. The number of amides is 2. The number of ether oxygens (including phenoxy) is 1. The number of piperidine rings is 1. The second kappa shape index (κ2) is 9.31. The predicted molar refractivity (Wildman–Crippen MR) is 114 cm³/mol. The van der Waals surface area contributed by atoms with Crippen molar-refractivity contribution in [2.45, 2.75) is 25.5 Å². The number of alkyl carbamates (subject to hydrolysis) is 1. The van der Waals surface area contributed by atoms with Gasteiger partial charge < -0.3 is 19.5 Å². The summed E-state index contributed by atoms with van der Waals surface area (Å²) < 4.78 is 7.29. The van der Waals surface area contributed by atoms with Crippen LogP contribution in [-0.4, -0.2) is 40.6 Å². The number of aromatic nitrogens is 1. The van der Waals surface area contributed by atoms with E-state index in [1.807, 2.05) is 88.6 Å². The Hall–Kier alpha value is -3.54. The third kappa shape index (κ3) is 4.89. The Morgan fingerprint density at radius 3 is 2.23 bits per heavy atom. The summed E-state index contributed by atoms with van der Waals surface area (Å²) in [5, 5.41) is 2.91. The highest BCUT2D eigenvalue weighted by atomic mass is 16.5. The highest BCUT2D eigenvalue weighted by molar-refractivity contribution is 5.94. The zero-order valence-electron chi connectivity index (χ0n) is 16.7. The third-order valence-corrected chi connectivity index (χ3v) is 5.33. The second-order valence-electron chi connectivity index (χ2n) is 7.41. The number of rotatable bonds is 5. The first-order valence-electron chi connectivity index (χ1n) is 10.2. The molecule has 0 aliphatic carbocycles. The molecule has 1 N–H and O–H groups in total. The van der Waals surface area contributed by atoms with Gasteiger partial charge in [-0.15, -0.1) is 0 Å². The first kappa shape index (κ1) is 19.8. The number of nitrogens with one attached hydrogen (secondary N) is 1. The topological polar surface area (TPSA) is 63.6 Å². The number of benzene rings is 2. The first-order valence-corrected chi connectivity index (χ1v) is 10.2. The van der Waals surface area contributed by atoms with Crippen molar-refractivity contribution in [3.63, 3.8) is 0 Å². The van der Waals surface area contributed by atoms with E-state index < -0.39 is 6.09 Å². The van der Waals surface area contributed by atoms with Gasteiger partial charge in [0, 0.05) is 42.8 Å². The Morgan fingerprint density at radius 1 is 0.900 bits per heavy atom. The Bertz CT molecular complexity index is 961. The molecule has 1 saturated heterocycles. The van der Waals surface area contributed by atoms with E-state index in [2.05, 4.69) is 5.32 Å². The van der Waals surface area contributed by atoms with Gasteiger partial charge in [0.2, 0.25) is 0 Å². The molecular weight excluding hydrogens is 378 g/mol. The van der Waals surface area contributed by atoms with Crippen LogP contribution in [0.15, 0.2) is 79.1 Å². The zero-order chi connectivity index (χ0) is 20.8. The van der Waals surface area contributed by atoms with Gasteiger partial charge in [-0.25, -0.2) is 4.79 Å². The lowest BCUT2D eigenvalue weighted by molar-refractivity contribution is 0.0701. The van der Waals surface area contributed by atoms with Crippen molar-refractivity contribution < 1.29 is 14.3 Å². The Balaban J connectivity index is 1.24. The van der Waals surface area contributed by atoms with Crippen LogP contribution in [0.3, 0.4) is 0 Å². The molecule has 6 nitrogen and oxygen atoms in total. The first-order chi connectivity index (χ1) is 14.7. The molecule has 6 heteroatoms. The molecule has 2 heterocycles. The average molecular weight is 403 g/mol. The SMILES string of the molecule is O=C(NC1CCN(C(=O)c2ccc(-n3cccc3)cc2)CC1)OCc1ccccc1. The van der Waals surface area contributed by atoms with Crippen LogP contribution >= 0.6 is 0 Å². The van der Waals surface area contributed by atoms with Crippen LogP contribution in [0.4, 0.5) is 4.79 Å². The lowest BCUT2D eigenvalue weighted by atomic mass is 10.0. The number of hydrogen-bond donors (Lipinski definition) is 1. The highest BCUT2D eigenvalue weighted by Crippen LogP contribution is 2.16. The fourth-order valence-corrected chi connectivity index (χ4v) is 3.62. The van der Waals surface area contributed by atoms with E-state index in [0.29, 0.717) is 31.5 Å². The van der Waals surface area contributed by atoms with Gasteiger partial charge in [-0.2, -0.15) is 0 Å². The van der Waals surface area contributed by atoms with Crippen LogP contribution in [0.5, 0.6) is 0 Å². The fraction of sp³-hybridized carbons (Fsp3) is 0.250. The maximum Gasteiger partial charge on any atom is 0.407 e. The molecule has 0 unspecified atom stereocenters. The summed E-state index contributed by atoms with van der Waals surface area (Å²) >= 11 is 0. The van der Waals surface area contributed by atoms with Gasteiger partial charge in [0.1, 0.15) is 6.61 Å². The Kier molecular flexibility index (Phi) is 6.13. The minimum atomic E-state index is -0.413. The Morgan fingerprint density at radius 2 is 1.57 bits per heavy atom. The van der Waals surface area contributed by atoms with Crippen molar-refractivity contribution in [2.75, 3.05) is 13.1 Å². The summed E-state index contributed by atoms with van der Waals surface area (Å²) in [4.78, 5) is 26.7. The molecule has 0 atom stereocenters. The summed E-state index contributed by atoms with van der Waals surface area (Å²) in [6.07, 6.45) is 4.96. The van der Waals surface area contributed by atoms with Crippen LogP contribution in [0, 0.1) is 0 Å². The van der Waals surface area contributed by atoms with Crippen molar-refractivity contribution in [3.05, 3.63) is 90.3 Å². The quantitative estimate of drug-likeness (QED) is 0.700. The molecule has 0 radical (unpaired) electrons. The molecular formula is C24H25N3O3. The number of nitrogens with zero attached hydrogens (tertiary/aromatic N) is 2. The Labute approximate surface area is 176 Å². The number of carbonyl (C=O) groups is 2. The molecule has 1 aliphatic heterocycles. The molecule has 2 aromatic carbocycles. The van der Waals surface area contributed by atoms with Crippen molar-refractivity contribution in [1.82, 2.24) is 14.8 Å². The van der Waals surface area contributed by atoms with E-state index in [4.69, 9.17) is 4.74 Å². The van der Waals surface area contributed by atoms with E-state index in [1.165, 1.54) is 0 Å². The lowest BCUT2D eigenvalue weighted by Gasteiger charge is -2.32.